The molecule has 4 bridgehead atoms. The van der Waals surface area contributed by atoms with E-state index >= 15 is 0 Å². The molecule has 0 aromatic heterocycles. The molecule has 5 aliphatic rings. The zero-order valence-electron chi connectivity index (χ0n) is 13.5. The predicted octanol–water partition coefficient (Wildman–Crippen LogP) is 0.393. The summed E-state index contributed by atoms with van der Waals surface area (Å²) in [6.07, 6.45) is 9.35. The highest BCUT2D eigenvalue weighted by Gasteiger charge is 2.52. The fourth-order valence-electron chi connectivity index (χ4n) is 6.60. The van der Waals surface area contributed by atoms with Crippen molar-refractivity contribution in [2.75, 3.05) is 26.2 Å². The second-order valence-electron chi connectivity index (χ2n) is 8.58. The van der Waals surface area contributed by atoms with Gasteiger partial charge in [0.25, 0.3) is 0 Å². The van der Waals surface area contributed by atoms with E-state index in [1.165, 1.54) is 32.6 Å². The Morgan fingerprint density at radius 3 is 1.90 bits per heavy atom. The Kier molecular flexibility index (Phi) is 3.58. The maximum absolute atomic E-state index is 2.45. The number of nitrogens with one attached hydrogen (secondary N) is 2. The van der Waals surface area contributed by atoms with E-state index in [4.69, 9.17) is 0 Å². The number of hydrogen-bond donors (Lipinski definition) is 2. The van der Waals surface area contributed by atoms with Crippen molar-refractivity contribution in [2.24, 2.45) is 23.7 Å². The minimum Gasteiger partial charge on any atom is -0.323 e. The molecule has 2 heteroatoms. The van der Waals surface area contributed by atoms with E-state index in [1.807, 2.05) is 9.80 Å². The van der Waals surface area contributed by atoms with Crippen LogP contribution in [0.15, 0.2) is 0 Å². The molecular weight excluding hydrogens is 244 g/mol. The first-order chi connectivity index (χ1) is 9.74. The van der Waals surface area contributed by atoms with Crippen LogP contribution in [-0.2, 0) is 0 Å². The number of rotatable bonds is 3. The summed E-state index contributed by atoms with van der Waals surface area (Å²) in [5, 5.41) is 0. The van der Waals surface area contributed by atoms with Gasteiger partial charge in [-0.25, -0.2) is 0 Å². The molecule has 20 heavy (non-hydrogen) atoms. The summed E-state index contributed by atoms with van der Waals surface area (Å²) in [6, 6.07) is 1.95. The molecule has 5 rings (SSSR count). The van der Waals surface area contributed by atoms with Gasteiger partial charge in [-0.15, -0.1) is 0 Å². The summed E-state index contributed by atoms with van der Waals surface area (Å²) in [6.45, 7) is 10.6. The van der Waals surface area contributed by atoms with Crippen LogP contribution in [0.4, 0.5) is 0 Å². The van der Waals surface area contributed by atoms with Gasteiger partial charge in [0, 0.05) is 11.8 Å². The molecule has 0 aromatic rings. The summed E-state index contributed by atoms with van der Waals surface area (Å²) in [7, 11) is 0. The lowest BCUT2D eigenvalue weighted by atomic mass is 9.54. The van der Waals surface area contributed by atoms with Gasteiger partial charge in [0.15, 0.2) is 0 Å². The van der Waals surface area contributed by atoms with Gasteiger partial charge in [-0.05, 0) is 57.3 Å². The maximum Gasteiger partial charge on any atom is 0.127 e. The molecular formula is C18H34N2+2. The largest absolute Gasteiger partial charge is 0.323 e. The predicted molar refractivity (Wildman–Crippen MR) is 82.0 cm³/mol. The van der Waals surface area contributed by atoms with Gasteiger partial charge < -0.3 is 9.80 Å². The topological polar surface area (TPSA) is 8.88 Å². The molecule has 1 aliphatic heterocycles. The molecule has 1 heterocycles. The minimum absolute atomic E-state index is 0.884. The Bertz CT molecular complexity index is 317. The van der Waals surface area contributed by atoms with Gasteiger partial charge in [0.1, 0.15) is 26.2 Å². The van der Waals surface area contributed by atoms with Crippen LogP contribution >= 0.6 is 0 Å². The fraction of sp³-hybridized carbons (Fsp3) is 1.00. The third-order valence-corrected chi connectivity index (χ3v) is 7.54. The number of hydrogen-bond acceptors (Lipinski definition) is 0. The first kappa shape index (κ1) is 13.6. The molecule has 4 saturated carbocycles. The van der Waals surface area contributed by atoms with Gasteiger partial charge in [0.2, 0.25) is 0 Å². The van der Waals surface area contributed by atoms with Crippen molar-refractivity contribution in [1.29, 1.82) is 0 Å². The van der Waals surface area contributed by atoms with Crippen molar-refractivity contribution in [3.8, 4) is 0 Å². The van der Waals surface area contributed by atoms with Crippen LogP contribution in [0.25, 0.3) is 0 Å². The van der Waals surface area contributed by atoms with Crippen LogP contribution in [0.1, 0.15) is 52.4 Å². The molecule has 1 saturated heterocycles. The third-order valence-electron chi connectivity index (χ3n) is 7.54. The normalized spacial score (nSPS) is 52.2. The Labute approximate surface area is 124 Å². The summed E-state index contributed by atoms with van der Waals surface area (Å²) in [4.78, 5) is 3.91. The number of quaternary nitrogens is 2. The zero-order chi connectivity index (χ0) is 13.7. The summed E-state index contributed by atoms with van der Waals surface area (Å²) in [5.74, 6) is 4.51. The molecule has 4 aliphatic carbocycles. The minimum atomic E-state index is 0.884. The molecule has 0 unspecified atom stereocenters. The smallest absolute Gasteiger partial charge is 0.127 e. The van der Waals surface area contributed by atoms with E-state index in [1.54, 1.807) is 32.1 Å². The zero-order valence-corrected chi connectivity index (χ0v) is 13.5. The van der Waals surface area contributed by atoms with Crippen LogP contribution in [0.5, 0.6) is 0 Å². The quantitative estimate of drug-likeness (QED) is 0.739. The highest BCUT2D eigenvalue weighted by Crippen LogP contribution is 2.52. The van der Waals surface area contributed by atoms with Gasteiger partial charge in [-0.3, -0.25) is 0 Å². The first-order valence-corrected chi connectivity index (χ1v) is 9.43. The Morgan fingerprint density at radius 2 is 1.40 bits per heavy atom. The van der Waals surface area contributed by atoms with E-state index in [0.29, 0.717) is 0 Å². The fourth-order valence-corrected chi connectivity index (χ4v) is 6.60. The average molecular weight is 278 g/mol. The standard InChI is InChI=1S/C18H32N2/c1-3-13(2)19-4-6-20(7-5-19)18-16-9-14-8-15(11-16)12-17(18)10-14/h13-18H,3-12H2,1-2H3/p+2/t13-,14?,15?,16?,17?,18?/m0/s1. The van der Waals surface area contributed by atoms with Gasteiger partial charge in [-0.1, -0.05) is 6.92 Å². The molecule has 2 nitrogen and oxygen atoms in total. The Hall–Kier alpha value is -0.0800. The lowest BCUT2D eigenvalue weighted by molar-refractivity contribution is -1.04. The van der Waals surface area contributed by atoms with Gasteiger partial charge >= 0.3 is 0 Å². The lowest BCUT2D eigenvalue weighted by Crippen LogP contribution is -3.31. The van der Waals surface area contributed by atoms with Crippen LogP contribution in [0.2, 0.25) is 0 Å². The molecule has 0 spiro atoms. The second kappa shape index (κ2) is 5.28. The molecule has 0 amide bonds. The molecule has 0 radical (unpaired) electrons. The van der Waals surface area contributed by atoms with Crippen LogP contribution < -0.4 is 9.80 Å². The van der Waals surface area contributed by atoms with Gasteiger partial charge in [0.05, 0.1) is 12.1 Å². The monoisotopic (exact) mass is 278 g/mol. The van der Waals surface area contributed by atoms with E-state index in [0.717, 1.165) is 35.8 Å². The van der Waals surface area contributed by atoms with E-state index in [-0.39, 0.29) is 0 Å². The first-order valence-electron chi connectivity index (χ1n) is 9.43. The van der Waals surface area contributed by atoms with E-state index in [2.05, 4.69) is 13.8 Å². The maximum atomic E-state index is 2.45. The van der Waals surface area contributed by atoms with Crippen LogP contribution in [0.3, 0.4) is 0 Å². The molecule has 2 N–H and O–H groups in total. The summed E-state index contributed by atoms with van der Waals surface area (Å²) < 4.78 is 0. The van der Waals surface area contributed by atoms with E-state index < -0.39 is 0 Å². The van der Waals surface area contributed by atoms with Crippen LogP contribution in [0, 0.1) is 23.7 Å². The Balaban J connectivity index is 1.40. The Morgan fingerprint density at radius 1 is 0.850 bits per heavy atom. The second-order valence-corrected chi connectivity index (χ2v) is 8.58. The van der Waals surface area contributed by atoms with E-state index in [9.17, 15) is 0 Å². The van der Waals surface area contributed by atoms with Crippen molar-refractivity contribution >= 4 is 0 Å². The molecule has 114 valence electrons. The van der Waals surface area contributed by atoms with Crippen molar-refractivity contribution < 1.29 is 9.80 Å². The third kappa shape index (κ3) is 2.23. The van der Waals surface area contributed by atoms with Crippen LogP contribution in [-0.4, -0.2) is 38.3 Å². The summed E-state index contributed by atoms with van der Waals surface area (Å²) >= 11 is 0. The van der Waals surface area contributed by atoms with Crippen molar-refractivity contribution in [2.45, 2.75) is 64.5 Å². The average Bonchev–Trinajstić information content (AvgIpc) is 2.46. The highest BCUT2D eigenvalue weighted by atomic mass is 15.3. The van der Waals surface area contributed by atoms with Crippen molar-refractivity contribution in [3.63, 3.8) is 0 Å². The van der Waals surface area contributed by atoms with Crippen molar-refractivity contribution in [1.82, 2.24) is 0 Å². The van der Waals surface area contributed by atoms with Crippen molar-refractivity contribution in [3.05, 3.63) is 0 Å². The molecule has 1 atom stereocenters. The number of piperazine rings is 1. The van der Waals surface area contributed by atoms with Gasteiger partial charge in [-0.2, -0.15) is 0 Å². The molecule has 0 aromatic carbocycles. The highest BCUT2D eigenvalue weighted by molar-refractivity contribution is 4.98. The SMILES string of the molecule is CC[C@H](C)[NH+]1CC[NH+](C2C3CC4CC(C3)CC2C4)CC1. The lowest BCUT2D eigenvalue weighted by Gasteiger charge is -2.55. The summed E-state index contributed by atoms with van der Waals surface area (Å²) in [5.41, 5.74) is 0. The molecule has 5 fully saturated rings.